The molecule has 0 fully saturated rings. The number of ether oxygens (including phenoxy) is 1. The molecule has 3 aromatic carbocycles. The van der Waals surface area contributed by atoms with Gasteiger partial charge in [-0.3, -0.25) is 0 Å². The minimum atomic E-state index is -1.10. The van der Waals surface area contributed by atoms with E-state index < -0.39 is 18.1 Å². The van der Waals surface area contributed by atoms with Crippen LogP contribution in [-0.4, -0.2) is 36.4 Å². The molecular weight excluding hydrogens is 440 g/mol. The zero-order valence-corrected chi connectivity index (χ0v) is 20.0. The normalized spacial score (nSPS) is 12.9. The molecule has 0 bridgehead atoms. The maximum atomic E-state index is 12.5. The van der Waals surface area contributed by atoms with Gasteiger partial charge in [-0.25, -0.2) is 9.59 Å². The van der Waals surface area contributed by atoms with E-state index in [-0.39, 0.29) is 18.9 Å². The van der Waals surface area contributed by atoms with Gasteiger partial charge in [-0.15, -0.1) is 0 Å². The first-order valence-electron chi connectivity index (χ1n) is 12.2. The molecule has 0 aromatic heterocycles. The fraction of sp³-hybridized carbons (Fsp3) is 0.310. The van der Waals surface area contributed by atoms with E-state index in [1.54, 1.807) is 0 Å². The second-order valence-corrected chi connectivity index (χ2v) is 8.90. The predicted molar refractivity (Wildman–Crippen MR) is 138 cm³/mol. The summed E-state index contributed by atoms with van der Waals surface area (Å²) in [5.74, 6) is -1.17. The largest absolute Gasteiger partial charge is 0.480 e. The predicted octanol–water partition coefficient (Wildman–Crippen LogP) is 5.82. The Labute approximate surface area is 206 Å². The standard InChI is InChI=1S/C29H32N2O4/c1-2-3-8-17-30-21-15-13-20(14-16-21)18-27(28(32)33)31-29(34)35-19-26-24-11-6-4-9-22(24)23-10-5-7-12-25(23)26/h4-7,9-16,26-27,30H,2-3,8,17-19H2,1H3,(H,31,34)(H,32,33). The Balaban J connectivity index is 1.33. The Morgan fingerprint density at radius 2 is 1.54 bits per heavy atom. The Morgan fingerprint density at radius 3 is 2.14 bits per heavy atom. The van der Waals surface area contributed by atoms with Gasteiger partial charge in [-0.05, 0) is 46.4 Å². The molecule has 6 nitrogen and oxygen atoms in total. The molecule has 6 heteroatoms. The van der Waals surface area contributed by atoms with Crippen molar-refractivity contribution in [2.75, 3.05) is 18.5 Å². The van der Waals surface area contributed by atoms with Gasteiger partial charge in [0.2, 0.25) is 0 Å². The molecule has 0 spiro atoms. The first kappa shape index (κ1) is 24.3. The Bertz CT molecular complexity index is 1110. The van der Waals surface area contributed by atoms with E-state index in [4.69, 9.17) is 4.74 Å². The number of carboxylic acids is 1. The number of rotatable bonds is 11. The van der Waals surface area contributed by atoms with E-state index in [2.05, 4.69) is 29.7 Å². The summed E-state index contributed by atoms with van der Waals surface area (Å²) in [5, 5.41) is 15.6. The van der Waals surface area contributed by atoms with Gasteiger partial charge in [0.15, 0.2) is 0 Å². The third-order valence-corrected chi connectivity index (χ3v) is 6.44. The van der Waals surface area contributed by atoms with Crippen molar-refractivity contribution in [1.29, 1.82) is 0 Å². The number of amides is 1. The number of unbranched alkanes of at least 4 members (excludes halogenated alkanes) is 2. The Morgan fingerprint density at radius 1 is 0.914 bits per heavy atom. The third-order valence-electron chi connectivity index (χ3n) is 6.44. The second kappa shape index (κ2) is 11.6. The monoisotopic (exact) mass is 472 g/mol. The maximum absolute atomic E-state index is 12.5. The molecule has 3 N–H and O–H groups in total. The van der Waals surface area contributed by atoms with E-state index in [9.17, 15) is 14.7 Å². The van der Waals surface area contributed by atoms with Gasteiger partial charge in [0.05, 0.1) is 0 Å². The Hall–Kier alpha value is -3.80. The van der Waals surface area contributed by atoms with E-state index >= 15 is 0 Å². The highest BCUT2D eigenvalue weighted by Crippen LogP contribution is 2.44. The van der Waals surface area contributed by atoms with Crippen molar-refractivity contribution >= 4 is 17.7 Å². The van der Waals surface area contributed by atoms with E-state index in [0.29, 0.717) is 0 Å². The van der Waals surface area contributed by atoms with Crippen LogP contribution in [0.5, 0.6) is 0 Å². The van der Waals surface area contributed by atoms with Crippen LogP contribution in [0.15, 0.2) is 72.8 Å². The van der Waals surface area contributed by atoms with Gasteiger partial charge in [0, 0.05) is 24.6 Å². The van der Waals surface area contributed by atoms with E-state index in [0.717, 1.165) is 46.5 Å². The quantitative estimate of drug-likeness (QED) is 0.306. The number of carbonyl (C=O) groups excluding carboxylic acids is 1. The number of aliphatic carboxylic acids is 1. The number of alkyl carbamates (subject to hydrolysis) is 1. The molecule has 0 aliphatic heterocycles. The van der Waals surface area contributed by atoms with Crippen LogP contribution in [0.4, 0.5) is 10.5 Å². The van der Waals surface area contributed by atoms with Crippen molar-refractivity contribution in [2.24, 2.45) is 0 Å². The van der Waals surface area contributed by atoms with Crippen LogP contribution in [0.2, 0.25) is 0 Å². The van der Waals surface area contributed by atoms with Crippen molar-refractivity contribution in [3.05, 3.63) is 89.5 Å². The number of benzene rings is 3. The van der Waals surface area contributed by atoms with Crippen molar-refractivity contribution in [2.45, 2.75) is 44.6 Å². The number of hydrogen-bond acceptors (Lipinski definition) is 4. The highest BCUT2D eigenvalue weighted by molar-refractivity contribution is 5.81. The molecule has 1 atom stereocenters. The van der Waals surface area contributed by atoms with Crippen molar-refractivity contribution in [3.63, 3.8) is 0 Å². The number of nitrogens with one attached hydrogen (secondary N) is 2. The SMILES string of the molecule is CCCCCNc1ccc(CC(NC(=O)OCC2c3ccccc3-c3ccccc32)C(=O)O)cc1. The lowest BCUT2D eigenvalue weighted by Gasteiger charge is -2.18. The zero-order chi connectivity index (χ0) is 24.6. The first-order chi connectivity index (χ1) is 17.1. The molecule has 1 unspecified atom stereocenters. The molecule has 1 aliphatic rings. The number of carboxylic acid groups (broad SMARTS) is 1. The molecule has 0 saturated heterocycles. The summed E-state index contributed by atoms with van der Waals surface area (Å²) in [6, 6.07) is 22.8. The van der Waals surface area contributed by atoms with Crippen molar-refractivity contribution < 1.29 is 19.4 Å². The van der Waals surface area contributed by atoms with E-state index in [1.807, 2.05) is 60.7 Å². The lowest BCUT2D eigenvalue weighted by atomic mass is 9.98. The molecule has 182 valence electrons. The minimum Gasteiger partial charge on any atom is -0.480 e. The fourth-order valence-corrected chi connectivity index (χ4v) is 4.58. The highest BCUT2D eigenvalue weighted by Gasteiger charge is 2.29. The lowest BCUT2D eigenvalue weighted by molar-refractivity contribution is -0.139. The molecule has 0 heterocycles. The van der Waals surface area contributed by atoms with E-state index in [1.165, 1.54) is 12.8 Å². The van der Waals surface area contributed by atoms with Gasteiger partial charge in [-0.2, -0.15) is 0 Å². The minimum absolute atomic E-state index is 0.0752. The molecule has 4 rings (SSSR count). The van der Waals surface area contributed by atoms with Gasteiger partial charge >= 0.3 is 12.1 Å². The summed E-state index contributed by atoms with van der Waals surface area (Å²) >= 11 is 0. The maximum Gasteiger partial charge on any atom is 0.407 e. The van der Waals surface area contributed by atoms with Crippen molar-refractivity contribution in [3.8, 4) is 11.1 Å². The van der Waals surface area contributed by atoms with Crippen LogP contribution in [0.3, 0.4) is 0 Å². The smallest absolute Gasteiger partial charge is 0.407 e. The fourth-order valence-electron chi connectivity index (χ4n) is 4.58. The number of anilines is 1. The summed E-state index contributed by atoms with van der Waals surface area (Å²) < 4.78 is 5.52. The van der Waals surface area contributed by atoms with Gasteiger partial charge < -0.3 is 20.5 Å². The zero-order valence-electron chi connectivity index (χ0n) is 20.0. The topological polar surface area (TPSA) is 87.7 Å². The lowest BCUT2D eigenvalue weighted by Crippen LogP contribution is -2.42. The van der Waals surface area contributed by atoms with Gasteiger partial charge in [0.25, 0.3) is 0 Å². The van der Waals surface area contributed by atoms with Gasteiger partial charge in [-0.1, -0.05) is 80.4 Å². The molecule has 1 aliphatic carbocycles. The van der Waals surface area contributed by atoms with Crippen LogP contribution < -0.4 is 10.6 Å². The average molecular weight is 473 g/mol. The summed E-state index contributed by atoms with van der Waals surface area (Å²) in [4.78, 5) is 24.4. The Kier molecular flexibility index (Phi) is 8.03. The highest BCUT2D eigenvalue weighted by atomic mass is 16.5. The summed E-state index contributed by atoms with van der Waals surface area (Å²) in [6.45, 7) is 3.23. The molecule has 0 radical (unpaired) electrons. The molecule has 1 amide bonds. The number of carbonyl (C=O) groups is 2. The van der Waals surface area contributed by atoms with Crippen LogP contribution in [-0.2, 0) is 16.0 Å². The number of hydrogen-bond donors (Lipinski definition) is 3. The summed E-state index contributed by atoms with van der Waals surface area (Å²) in [5.41, 5.74) is 6.34. The van der Waals surface area contributed by atoms with Crippen LogP contribution in [0.1, 0.15) is 48.8 Å². The van der Waals surface area contributed by atoms with Crippen LogP contribution >= 0.6 is 0 Å². The molecule has 3 aromatic rings. The van der Waals surface area contributed by atoms with Crippen LogP contribution in [0.25, 0.3) is 11.1 Å². The molecular formula is C29H32N2O4. The van der Waals surface area contributed by atoms with Gasteiger partial charge in [0.1, 0.15) is 12.6 Å². The first-order valence-corrected chi connectivity index (χ1v) is 12.2. The summed E-state index contributed by atoms with van der Waals surface area (Å²) in [6.07, 6.45) is 2.92. The molecule has 0 saturated carbocycles. The molecule has 35 heavy (non-hydrogen) atoms. The second-order valence-electron chi connectivity index (χ2n) is 8.90. The number of fused-ring (bicyclic) bond motifs is 3. The third kappa shape index (κ3) is 6.01. The van der Waals surface area contributed by atoms with Crippen LogP contribution in [0, 0.1) is 0 Å². The summed E-state index contributed by atoms with van der Waals surface area (Å²) in [7, 11) is 0. The van der Waals surface area contributed by atoms with Crippen molar-refractivity contribution in [1.82, 2.24) is 5.32 Å². The average Bonchev–Trinajstić information content (AvgIpc) is 3.19.